The zero-order valence-corrected chi connectivity index (χ0v) is 24.5. The summed E-state index contributed by atoms with van der Waals surface area (Å²) in [6.07, 6.45) is 0. The molecule has 0 saturated carbocycles. The third-order valence-electron chi connectivity index (χ3n) is 4.66. The van der Waals surface area contributed by atoms with E-state index >= 15 is 0 Å². The van der Waals surface area contributed by atoms with Crippen LogP contribution in [0.25, 0.3) is 33.4 Å². The van der Waals surface area contributed by atoms with Gasteiger partial charge in [-0.1, -0.05) is 12.1 Å². The van der Waals surface area contributed by atoms with Crippen LogP contribution in [0.5, 0.6) is 5.75 Å². The first kappa shape index (κ1) is 28.2. The number of imidazole rings is 1. The van der Waals surface area contributed by atoms with Crippen molar-refractivity contribution in [2.75, 3.05) is 25.1 Å². The van der Waals surface area contributed by atoms with Gasteiger partial charge in [0.05, 0.1) is 48.9 Å². The molecular formula is C21H15K2N3O7. The third kappa shape index (κ3) is 6.34. The Bertz CT molecular complexity index is 1330. The van der Waals surface area contributed by atoms with Crippen LogP contribution in [0, 0.1) is 0 Å². The van der Waals surface area contributed by atoms with E-state index in [9.17, 15) is 24.6 Å². The normalized spacial score (nSPS) is 10.3. The zero-order valence-electron chi connectivity index (χ0n) is 18.2. The summed E-state index contributed by atoms with van der Waals surface area (Å²) < 4.78 is 10.7. The number of anilines is 1. The summed E-state index contributed by atoms with van der Waals surface area (Å²) in [5.74, 6) is -2.48. The van der Waals surface area contributed by atoms with Gasteiger partial charge in [-0.05, 0) is 24.3 Å². The fourth-order valence-electron chi connectivity index (χ4n) is 3.33. The average molecular weight is 500 g/mol. The van der Waals surface area contributed by atoms with Crippen LogP contribution in [0.1, 0.15) is 0 Å². The van der Waals surface area contributed by atoms with Crippen molar-refractivity contribution in [3.8, 4) is 17.1 Å². The SMILES string of the molecule is COc1cc2cc(-c3nc4ccccc4[nH]3)c(=O)oc2cc1N(CC(=O)[O-])CC(=O)[O-].[K+].[K+]. The number of carbonyl (C=O) groups excluding carboxylic acids is 2. The number of nitrogens with zero attached hydrogens (tertiary/aromatic N) is 2. The van der Waals surface area contributed by atoms with Gasteiger partial charge in [-0.15, -0.1) is 0 Å². The van der Waals surface area contributed by atoms with E-state index in [2.05, 4.69) is 9.97 Å². The number of carbonyl (C=O) groups is 2. The Morgan fingerprint density at radius 2 is 1.76 bits per heavy atom. The van der Waals surface area contributed by atoms with Gasteiger partial charge in [0, 0.05) is 11.5 Å². The van der Waals surface area contributed by atoms with Crippen molar-refractivity contribution in [2.24, 2.45) is 0 Å². The maximum atomic E-state index is 12.6. The second kappa shape index (κ2) is 12.1. The molecule has 2 aromatic heterocycles. The molecule has 33 heavy (non-hydrogen) atoms. The number of rotatable bonds is 7. The molecule has 0 aliphatic heterocycles. The van der Waals surface area contributed by atoms with Crippen LogP contribution in [0.2, 0.25) is 0 Å². The van der Waals surface area contributed by atoms with Crippen molar-refractivity contribution >= 4 is 39.6 Å². The number of benzene rings is 2. The van der Waals surface area contributed by atoms with Crippen LogP contribution in [-0.4, -0.2) is 42.1 Å². The van der Waals surface area contributed by atoms with Gasteiger partial charge < -0.3 is 38.8 Å². The Labute approximate surface area is 272 Å². The van der Waals surface area contributed by atoms with Crippen molar-refractivity contribution < 1.29 is 132 Å². The van der Waals surface area contributed by atoms with E-state index in [0.29, 0.717) is 16.7 Å². The van der Waals surface area contributed by atoms with Gasteiger partial charge in [0.15, 0.2) is 0 Å². The fraction of sp³-hybridized carbons (Fsp3) is 0.143. The monoisotopic (exact) mass is 499 g/mol. The molecule has 2 aromatic carbocycles. The molecule has 0 aliphatic carbocycles. The van der Waals surface area contributed by atoms with E-state index < -0.39 is 30.7 Å². The van der Waals surface area contributed by atoms with Crippen LogP contribution >= 0.6 is 0 Å². The summed E-state index contributed by atoms with van der Waals surface area (Å²) in [6, 6.07) is 11.7. The predicted octanol–water partition coefficient (Wildman–Crippen LogP) is -6.34. The molecule has 0 spiro atoms. The summed E-state index contributed by atoms with van der Waals surface area (Å²) in [4.78, 5) is 43.2. The minimum Gasteiger partial charge on any atom is -0.548 e. The molecule has 0 atom stereocenters. The summed E-state index contributed by atoms with van der Waals surface area (Å²) in [5.41, 5.74) is 1.18. The molecule has 0 amide bonds. The number of aromatic nitrogens is 2. The molecular weight excluding hydrogens is 484 g/mol. The number of fused-ring (bicyclic) bond motifs is 2. The first-order valence-corrected chi connectivity index (χ1v) is 9.11. The quantitative estimate of drug-likeness (QED) is 0.193. The van der Waals surface area contributed by atoms with Gasteiger partial charge in [0.2, 0.25) is 0 Å². The molecule has 0 unspecified atom stereocenters. The molecule has 1 N–H and O–H groups in total. The Hall–Kier alpha value is -1.07. The number of hydrogen-bond donors (Lipinski definition) is 1. The van der Waals surface area contributed by atoms with Crippen LogP contribution in [-0.2, 0) is 9.59 Å². The van der Waals surface area contributed by atoms with Crippen molar-refractivity contribution in [1.82, 2.24) is 9.97 Å². The van der Waals surface area contributed by atoms with Gasteiger partial charge in [0.25, 0.3) is 0 Å². The molecule has 4 aromatic rings. The number of carboxylic acids is 2. The molecule has 158 valence electrons. The second-order valence-corrected chi connectivity index (χ2v) is 6.71. The molecule has 0 aliphatic rings. The van der Waals surface area contributed by atoms with Crippen molar-refractivity contribution in [2.45, 2.75) is 0 Å². The summed E-state index contributed by atoms with van der Waals surface area (Å²) in [6.45, 7) is -1.45. The van der Waals surface area contributed by atoms with Gasteiger partial charge in [-0.25, -0.2) is 9.78 Å². The van der Waals surface area contributed by atoms with Gasteiger partial charge in [0.1, 0.15) is 22.7 Å². The number of para-hydroxylation sites is 2. The van der Waals surface area contributed by atoms with E-state index in [1.807, 2.05) is 18.2 Å². The number of methoxy groups -OCH3 is 1. The van der Waals surface area contributed by atoms with E-state index in [0.717, 1.165) is 10.4 Å². The van der Waals surface area contributed by atoms with Crippen LogP contribution < -0.4 is 128 Å². The number of ether oxygens (including phenoxy) is 1. The minimum atomic E-state index is -1.50. The topological polar surface area (TPSA) is 152 Å². The number of carboxylic acid groups (broad SMARTS) is 2. The average Bonchev–Trinajstić information content (AvgIpc) is 3.15. The Morgan fingerprint density at radius 3 is 2.36 bits per heavy atom. The summed E-state index contributed by atoms with van der Waals surface area (Å²) >= 11 is 0. The van der Waals surface area contributed by atoms with Gasteiger partial charge >= 0.3 is 108 Å². The van der Waals surface area contributed by atoms with Crippen molar-refractivity contribution in [1.29, 1.82) is 0 Å². The van der Waals surface area contributed by atoms with E-state index in [1.54, 1.807) is 12.1 Å². The van der Waals surface area contributed by atoms with Crippen LogP contribution in [0.3, 0.4) is 0 Å². The molecule has 12 heteroatoms. The van der Waals surface area contributed by atoms with Crippen molar-refractivity contribution in [3.63, 3.8) is 0 Å². The summed E-state index contributed by atoms with van der Waals surface area (Å²) in [5, 5.41) is 22.6. The molecule has 0 bridgehead atoms. The first-order chi connectivity index (χ1) is 14.9. The number of aliphatic carboxylic acids is 2. The molecule has 10 nitrogen and oxygen atoms in total. The third-order valence-corrected chi connectivity index (χ3v) is 4.66. The molecule has 4 rings (SSSR count). The Morgan fingerprint density at radius 1 is 1.09 bits per heavy atom. The maximum Gasteiger partial charge on any atom is 1.00 e. The number of nitrogens with one attached hydrogen (secondary N) is 1. The van der Waals surface area contributed by atoms with Crippen LogP contribution in [0.4, 0.5) is 5.69 Å². The fourth-order valence-corrected chi connectivity index (χ4v) is 3.33. The minimum absolute atomic E-state index is 0. The Balaban J connectivity index is 0.00000193. The second-order valence-electron chi connectivity index (χ2n) is 6.71. The van der Waals surface area contributed by atoms with Crippen molar-refractivity contribution in [3.05, 3.63) is 52.9 Å². The smallest absolute Gasteiger partial charge is 0.548 e. The van der Waals surface area contributed by atoms with E-state index in [1.165, 1.54) is 19.2 Å². The standard InChI is InChI=1S/C21H17N3O7.2K/c1-30-17-7-11-6-12(20-22-13-4-2-3-5-14(13)23-20)21(29)31-16(11)8-15(17)24(9-18(25)26)10-19(27)28;;/h2-8H,9-10H2,1H3,(H,22,23)(H,25,26)(H,27,28);;/q;2*+1/p-2. The number of H-pyrrole nitrogens is 1. The largest absolute Gasteiger partial charge is 1.00 e. The molecule has 0 radical (unpaired) electrons. The first-order valence-electron chi connectivity index (χ1n) is 9.11. The Kier molecular flexibility index (Phi) is 10.3. The number of hydrogen-bond acceptors (Lipinski definition) is 9. The van der Waals surface area contributed by atoms with E-state index in [-0.39, 0.29) is 125 Å². The van der Waals surface area contributed by atoms with E-state index in [4.69, 9.17) is 9.15 Å². The zero-order chi connectivity index (χ0) is 22.1. The predicted molar refractivity (Wildman–Crippen MR) is 106 cm³/mol. The van der Waals surface area contributed by atoms with Gasteiger partial charge in [-0.2, -0.15) is 0 Å². The molecule has 0 fully saturated rings. The molecule has 0 saturated heterocycles. The maximum absolute atomic E-state index is 12.6. The number of aromatic amines is 1. The van der Waals surface area contributed by atoms with Gasteiger partial charge in [-0.3, -0.25) is 0 Å². The van der Waals surface area contributed by atoms with Crippen LogP contribution in [0.15, 0.2) is 51.7 Å². The summed E-state index contributed by atoms with van der Waals surface area (Å²) in [7, 11) is 1.35. The molecule has 2 heterocycles.